The zero-order chi connectivity index (χ0) is 13.0. The molecule has 0 aromatic rings. The first-order valence-electron chi connectivity index (χ1n) is 7.04. The van der Waals surface area contributed by atoms with Crippen LogP contribution in [-0.2, 0) is 9.53 Å². The summed E-state index contributed by atoms with van der Waals surface area (Å²) in [4.78, 5) is 16.6. The van der Waals surface area contributed by atoms with Crippen LogP contribution in [0.5, 0.6) is 0 Å². The smallest absolute Gasteiger partial charge is 0.253 e. The highest BCUT2D eigenvalue weighted by atomic mass is 16.5. The lowest BCUT2D eigenvalue weighted by Gasteiger charge is -2.37. The summed E-state index contributed by atoms with van der Waals surface area (Å²) in [6, 6.07) is 0.563. The Bertz CT molecular complexity index is 277. The van der Waals surface area contributed by atoms with Crippen molar-refractivity contribution < 1.29 is 9.53 Å². The average molecular weight is 255 g/mol. The first kappa shape index (κ1) is 13.8. The number of carbonyl (C=O) groups is 1. The van der Waals surface area contributed by atoms with Crippen LogP contribution in [0, 0.1) is 0 Å². The van der Waals surface area contributed by atoms with E-state index < -0.39 is 0 Å². The molecule has 0 bridgehead atoms. The van der Waals surface area contributed by atoms with Crippen molar-refractivity contribution >= 4 is 5.91 Å². The molecule has 2 aliphatic heterocycles. The van der Waals surface area contributed by atoms with E-state index in [9.17, 15) is 4.79 Å². The third-order valence-corrected chi connectivity index (χ3v) is 4.09. The van der Waals surface area contributed by atoms with Gasteiger partial charge in [-0.2, -0.15) is 0 Å². The molecule has 2 rings (SSSR count). The molecule has 2 aliphatic rings. The van der Waals surface area contributed by atoms with E-state index in [1.54, 1.807) is 0 Å². The van der Waals surface area contributed by atoms with Gasteiger partial charge in [-0.25, -0.2) is 0 Å². The number of likely N-dealkylation sites (tertiary alicyclic amines) is 1. The van der Waals surface area contributed by atoms with Gasteiger partial charge in [-0.3, -0.25) is 9.69 Å². The van der Waals surface area contributed by atoms with Gasteiger partial charge in [-0.1, -0.05) is 6.92 Å². The van der Waals surface area contributed by atoms with Crippen LogP contribution in [0.1, 0.15) is 19.8 Å². The van der Waals surface area contributed by atoms with Gasteiger partial charge in [-0.15, -0.1) is 0 Å². The summed E-state index contributed by atoms with van der Waals surface area (Å²) in [5, 5.41) is 3.28. The van der Waals surface area contributed by atoms with Crippen molar-refractivity contribution in [3.8, 4) is 0 Å². The third kappa shape index (κ3) is 3.22. The molecule has 2 fully saturated rings. The van der Waals surface area contributed by atoms with E-state index in [0.717, 1.165) is 45.6 Å². The Morgan fingerprint density at radius 2 is 2.06 bits per heavy atom. The molecule has 0 radical (unpaired) electrons. The van der Waals surface area contributed by atoms with E-state index in [-0.39, 0.29) is 12.0 Å². The molecule has 104 valence electrons. The molecule has 0 saturated carbocycles. The number of likely N-dealkylation sites (N-methyl/N-ethyl adjacent to an activating group) is 1. The minimum absolute atomic E-state index is 0.183. The Hall–Kier alpha value is -0.650. The van der Waals surface area contributed by atoms with E-state index in [1.807, 2.05) is 11.9 Å². The molecule has 1 atom stereocenters. The van der Waals surface area contributed by atoms with Crippen molar-refractivity contribution in [1.82, 2.24) is 15.1 Å². The van der Waals surface area contributed by atoms with Gasteiger partial charge in [0.2, 0.25) is 0 Å². The van der Waals surface area contributed by atoms with E-state index in [1.165, 1.54) is 0 Å². The van der Waals surface area contributed by atoms with Gasteiger partial charge in [0, 0.05) is 32.2 Å². The molecule has 2 heterocycles. The normalized spacial score (nSPS) is 27.4. The molecular formula is C13H25N3O2. The molecule has 1 amide bonds. The summed E-state index contributed by atoms with van der Waals surface area (Å²) in [6.45, 7) is 7.22. The van der Waals surface area contributed by atoms with Gasteiger partial charge >= 0.3 is 0 Å². The van der Waals surface area contributed by atoms with Crippen molar-refractivity contribution in [3.05, 3.63) is 0 Å². The lowest BCUT2D eigenvalue weighted by Crippen LogP contribution is -2.53. The SMILES string of the molecule is CCN1CCOC(C(=O)N2CCC(NC)CC2)C1. The van der Waals surface area contributed by atoms with Crippen molar-refractivity contribution in [2.45, 2.75) is 31.9 Å². The van der Waals surface area contributed by atoms with E-state index >= 15 is 0 Å². The summed E-state index contributed by atoms with van der Waals surface area (Å²) in [7, 11) is 1.99. The number of hydrogen-bond donors (Lipinski definition) is 1. The fraction of sp³-hybridized carbons (Fsp3) is 0.923. The second-order valence-corrected chi connectivity index (χ2v) is 5.14. The number of amides is 1. The Morgan fingerprint density at radius 3 is 2.67 bits per heavy atom. The Balaban J connectivity index is 1.83. The molecule has 2 saturated heterocycles. The first-order valence-corrected chi connectivity index (χ1v) is 7.04. The fourth-order valence-electron chi connectivity index (χ4n) is 2.73. The predicted octanol–water partition coefficient (Wildman–Crippen LogP) is -0.0825. The lowest BCUT2D eigenvalue weighted by atomic mass is 10.0. The molecule has 1 N–H and O–H groups in total. The third-order valence-electron chi connectivity index (χ3n) is 4.09. The predicted molar refractivity (Wildman–Crippen MR) is 70.5 cm³/mol. The molecule has 0 aliphatic carbocycles. The van der Waals surface area contributed by atoms with Gasteiger partial charge < -0.3 is 15.0 Å². The van der Waals surface area contributed by atoms with Gasteiger partial charge in [0.25, 0.3) is 5.91 Å². The average Bonchev–Trinajstić information content (AvgIpc) is 2.46. The molecular weight excluding hydrogens is 230 g/mol. The second-order valence-electron chi connectivity index (χ2n) is 5.14. The maximum atomic E-state index is 12.4. The standard InChI is InChI=1S/C13H25N3O2/c1-3-15-8-9-18-12(10-15)13(17)16-6-4-11(14-2)5-7-16/h11-12,14H,3-10H2,1-2H3. The maximum Gasteiger partial charge on any atom is 0.253 e. The molecule has 0 aromatic carbocycles. The summed E-state index contributed by atoms with van der Waals surface area (Å²) >= 11 is 0. The maximum absolute atomic E-state index is 12.4. The van der Waals surface area contributed by atoms with Crippen LogP contribution in [0.3, 0.4) is 0 Å². The number of morpholine rings is 1. The number of nitrogens with one attached hydrogen (secondary N) is 1. The Labute approximate surface area is 109 Å². The van der Waals surface area contributed by atoms with Crippen LogP contribution in [0.2, 0.25) is 0 Å². The monoisotopic (exact) mass is 255 g/mol. The first-order chi connectivity index (χ1) is 8.74. The van der Waals surface area contributed by atoms with Crippen LogP contribution in [0.15, 0.2) is 0 Å². The lowest BCUT2D eigenvalue weighted by molar-refractivity contribution is -0.150. The number of ether oxygens (including phenoxy) is 1. The topological polar surface area (TPSA) is 44.8 Å². The van der Waals surface area contributed by atoms with Crippen LogP contribution in [0.4, 0.5) is 0 Å². The van der Waals surface area contributed by atoms with Gasteiger partial charge in [0.1, 0.15) is 6.10 Å². The molecule has 1 unspecified atom stereocenters. The second kappa shape index (κ2) is 6.50. The van der Waals surface area contributed by atoms with E-state index in [0.29, 0.717) is 12.6 Å². The molecule has 5 nitrogen and oxygen atoms in total. The molecule has 0 spiro atoms. The van der Waals surface area contributed by atoms with Gasteiger partial charge in [0.05, 0.1) is 6.61 Å². The number of carbonyl (C=O) groups excluding carboxylic acids is 1. The van der Waals surface area contributed by atoms with Crippen LogP contribution in [0.25, 0.3) is 0 Å². The van der Waals surface area contributed by atoms with Crippen LogP contribution >= 0.6 is 0 Å². The zero-order valence-electron chi connectivity index (χ0n) is 11.5. The minimum atomic E-state index is -0.246. The largest absolute Gasteiger partial charge is 0.366 e. The van der Waals surface area contributed by atoms with Crippen molar-refractivity contribution in [2.24, 2.45) is 0 Å². The van der Waals surface area contributed by atoms with Gasteiger partial charge in [-0.05, 0) is 26.4 Å². The summed E-state index contributed by atoms with van der Waals surface area (Å²) in [5.41, 5.74) is 0. The zero-order valence-corrected chi connectivity index (χ0v) is 11.5. The number of hydrogen-bond acceptors (Lipinski definition) is 4. The van der Waals surface area contributed by atoms with Crippen LogP contribution < -0.4 is 5.32 Å². The Morgan fingerprint density at radius 1 is 1.33 bits per heavy atom. The van der Waals surface area contributed by atoms with Crippen molar-refractivity contribution in [3.63, 3.8) is 0 Å². The molecule has 18 heavy (non-hydrogen) atoms. The van der Waals surface area contributed by atoms with E-state index in [2.05, 4.69) is 17.1 Å². The number of nitrogens with zero attached hydrogens (tertiary/aromatic N) is 2. The van der Waals surface area contributed by atoms with Crippen molar-refractivity contribution in [2.75, 3.05) is 46.4 Å². The Kier molecular flexibility index (Phi) is 4.97. The molecule has 0 aromatic heterocycles. The van der Waals surface area contributed by atoms with Crippen LogP contribution in [-0.4, -0.2) is 74.2 Å². The quantitative estimate of drug-likeness (QED) is 0.766. The van der Waals surface area contributed by atoms with Gasteiger partial charge in [0.15, 0.2) is 0 Å². The highest BCUT2D eigenvalue weighted by Gasteiger charge is 2.31. The minimum Gasteiger partial charge on any atom is -0.366 e. The number of piperidine rings is 1. The highest BCUT2D eigenvalue weighted by Crippen LogP contribution is 2.14. The number of rotatable bonds is 3. The van der Waals surface area contributed by atoms with E-state index in [4.69, 9.17) is 4.74 Å². The van der Waals surface area contributed by atoms with Crippen molar-refractivity contribution in [1.29, 1.82) is 0 Å². The molecule has 5 heteroatoms. The summed E-state index contributed by atoms with van der Waals surface area (Å²) < 4.78 is 5.63. The fourth-order valence-corrected chi connectivity index (χ4v) is 2.73. The summed E-state index contributed by atoms with van der Waals surface area (Å²) in [5.74, 6) is 0.183. The highest BCUT2D eigenvalue weighted by molar-refractivity contribution is 5.81. The summed E-state index contributed by atoms with van der Waals surface area (Å²) in [6.07, 6.45) is 1.85.